The number of halogens is 1. The number of fused-ring (bicyclic) bond motifs is 2. The molecule has 4 rings (SSSR count). The maximum Gasteiger partial charge on any atom is 0.162 e. The van der Waals surface area contributed by atoms with Crippen LogP contribution in [0.4, 0.5) is 0 Å². The summed E-state index contributed by atoms with van der Waals surface area (Å²) in [4.78, 5) is 4.72. The average molecular weight is 345 g/mol. The van der Waals surface area contributed by atoms with E-state index in [9.17, 15) is 0 Å². The number of aryl methyl sites for hydroxylation is 1. The molecule has 0 spiro atoms. The molecule has 0 amide bonds. The number of pyridine rings is 1. The van der Waals surface area contributed by atoms with Crippen LogP contribution in [0.2, 0.25) is 0 Å². The fourth-order valence-electron chi connectivity index (χ4n) is 2.57. The minimum atomic E-state index is 0.591. The smallest absolute Gasteiger partial charge is 0.162 e. The second kappa shape index (κ2) is 4.77. The van der Waals surface area contributed by atoms with Crippen LogP contribution in [0.1, 0.15) is 5.56 Å². The minimum Gasteiger partial charge on any atom is -0.486 e. The van der Waals surface area contributed by atoms with Crippen molar-refractivity contribution in [1.29, 1.82) is 0 Å². The van der Waals surface area contributed by atoms with E-state index in [0.29, 0.717) is 13.2 Å². The summed E-state index contributed by atoms with van der Waals surface area (Å²) in [6.45, 7) is 3.25. The summed E-state index contributed by atoms with van der Waals surface area (Å²) in [7, 11) is 0. The number of imidazole rings is 1. The van der Waals surface area contributed by atoms with Gasteiger partial charge in [-0.1, -0.05) is 0 Å². The molecule has 5 heteroatoms. The van der Waals surface area contributed by atoms with Crippen molar-refractivity contribution in [3.63, 3.8) is 0 Å². The first-order chi connectivity index (χ1) is 10.2. The number of benzene rings is 1. The zero-order valence-corrected chi connectivity index (χ0v) is 13.1. The summed E-state index contributed by atoms with van der Waals surface area (Å²) in [5.74, 6) is 1.58. The van der Waals surface area contributed by atoms with Crippen LogP contribution >= 0.6 is 15.9 Å². The fraction of sp³-hybridized carbons (Fsp3) is 0.188. The molecule has 0 N–H and O–H groups in total. The summed E-state index contributed by atoms with van der Waals surface area (Å²) in [5, 5.41) is 0. The summed E-state index contributed by atoms with van der Waals surface area (Å²) < 4.78 is 14.3. The Morgan fingerprint density at radius 3 is 2.76 bits per heavy atom. The molecule has 0 bridgehead atoms. The normalized spacial score (nSPS) is 13.6. The highest BCUT2D eigenvalue weighted by atomic mass is 79.9. The van der Waals surface area contributed by atoms with Gasteiger partial charge >= 0.3 is 0 Å². The van der Waals surface area contributed by atoms with E-state index < -0.39 is 0 Å². The van der Waals surface area contributed by atoms with Crippen molar-refractivity contribution in [2.45, 2.75) is 6.92 Å². The highest BCUT2D eigenvalue weighted by molar-refractivity contribution is 9.10. The van der Waals surface area contributed by atoms with Crippen molar-refractivity contribution in [2.24, 2.45) is 0 Å². The van der Waals surface area contributed by atoms with Crippen LogP contribution in [0, 0.1) is 6.92 Å². The molecule has 0 saturated carbocycles. The Labute approximate surface area is 130 Å². The SMILES string of the molecule is Cc1cc(Br)cn2cc(-c3ccc4c(c3)OCCO4)nc12. The lowest BCUT2D eigenvalue weighted by molar-refractivity contribution is 0.171. The van der Waals surface area contributed by atoms with Crippen LogP contribution in [-0.4, -0.2) is 22.6 Å². The Kier molecular flexibility index (Phi) is 2.89. The highest BCUT2D eigenvalue weighted by Gasteiger charge is 2.14. The van der Waals surface area contributed by atoms with E-state index in [0.717, 1.165) is 38.4 Å². The fourth-order valence-corrected chi connectivity index (χ4v) is 3.13. The van der Waals surface area contributed by atoms with Gasteiger partial charge in [0.25, 0.3) is 0 Å². The quantitative estimate of drug-likeness (QED) is 0.672. The molecular formula is C16H13BrN2O2. The molecule has 0 radical (unpaired) electrons. The van der Waals surface area contributed by atoms with E-state index in [2.05, 4.69) is 28.9 Å². The third kappa shape index (κ3) is 2.17. The van der Waals surface area contributed by atoms with Gasteiger partial charge in [-0.05, 0) is 52.7 Å². The van der Waals surface area contributed by atoms with Gasteiger partial charge in [-0.25, -0.2) is 4.98 Å². The van der Waals surface area contributed by atoms with Crippen molar-refractivity contribution in [1.82, 2.24) is 9.38 Å². The highest BCUT2D eigenvalue weighted by Crippen LogP contribution is 2.34. The van der Waals surface area contributed by atoms with Gasteiger partial charge in [0.15, 0.2) is 11.5 Å². The van der Waals surface area contributed by atoms with Crippen molar-refractivity contribution in [3.8, 4) is 22.8 Å². The molecule has 3 aromatic rings. The predicted octanol–water partition coefficient (Wildman–Crippen LogP) is 3.84. The summed E-state index contributed by atoms with van der Waals surface area (Å²) in [6.07, 6.45) is 4.04. The first kappa shape index (κ1) is 12.7. The van der Waals surface area contributed by atoms with E-state index in [1.165, 1.54) is 0 Å². The molecule has 2 aromatic heterocycles. The van der Waals surface area contributed by atoms with E-state index in [1.54, 1.807) is 0 Å². The Hall–Kier alpha value is -2.01. The topological polar surface area (TPSA) is 35.8 Å². The van der Waals surface area contributed by atoms with Gasteiger partial charge in [0.05, 0.1) is 5.69 Å². The zero-order valence-electron chi connectivity index (χ0n) is 11.5. The van der Waals surface area contributed by atoms with E-state index >= 15 is 0 Å². The summed E-state index contributed by atoms with van der Waals surface area (Å²) >= 11 is 3.51. The van der Waals surface area contributed by atoms with Crippen molar-refractivity contribution < 1.29 is 9.47 Å². The Bertz CT molecular complexity index is 842. The van der Waals surface area contributed by atoms with Crippen molar-refractivity contribution >= 4 is 21.6 Å². The molecule has 0 unspecified atom stereocenters. The average Bonchev–Trinajstić information content (AvgIpc) is 2.91. The monoisotopic (exact) mass is 344 g/mol. The molecular weight excluding hydrogens is 332 g/mol. The Morgan fingerprint density at radius 1 is 1.10 bits per heavy atom. The number of hydrogen-bond donors (Lipinski definition) is 0. The van der Waals surface area contributed by atoms with Crippen LogP contribution in [-0.2, 0) is 0 Å². The van der Waals surface area contributed by atoms with Gasteiger partial charge < -0.3 is 13.9 Å². The van der Waals surface area contributed by atoms with Gasteiger partial charge in [0, 0.05) is 22.4 Å². The van der Waals surface area contributed by atoms with Gasteiger partial charge in [-0.2, -0.15) is 0 Å². The molecule has 21 heavy (non-hydrogen) atoms. The lowest BCUT2D eigenvalue weighted by Gasteiger charge is -2.18. The standard InChI is InChI=1S/C16H13BrN2O2/c1-10-6-12(17)8-19-9-13(18-16(10)19)11-2-3-14-15(7-11)21-5-4-20-14/h2-3,6-9H,4-5H2,1H3. The van der Waals surface area contributed by atoms with Gasteiger partial charge in [-0.15, -0.1) is 0 Å². The van der Waals surface area contributed by atoms with Crippen LogP contribution in [0.5, 0.6) is 11.5 Å². The van der Waals surface area contributed by atoms with E-state index in [-0.39, 0.29) is 0 Å². The Morgan fingerprint density at radius 2 is 1.90 bits per heavy atom. The van der Waals surface area contributed by atoms with Crippen LogP contribution in [0.15, 0.2) is 41.1 Å². The predicted molar refractivity (Wildman–Crippen MR) is 84.1 cm³/mol. The van der Waals surface area contributed by atoms with Gasteiger partial charge in [0.1, 0.15) is 18.9 Å². The number of nitrogens with zero attached hydrogens (tertiary/aromatic N) is 2. The maximum atomic E-state index is 5.64. The lowest BCUT2D eigenvalue weighted by Crippen LogP contribution is -2.15. The lowest BCUT2D eigenvalue weighted by atomic mass is 10.1. The molecule has 3 heterocycles. The Balaban J connectivity index is 1.84. The number of aromatic nitrogens is 2. The van der Waals surface area contributed by atoms with E-state index in [1.807, 2.05) is 35.0 Å². The first-order valence-corrected chi connectivity index (χ1v) is 7.55. The molecule has 4 nitrogen and oxygen atoms in total. The largest absolute Gasteiger partial charge is 0.486 e. The minimum absolute atomic E-state index is 0.591. The van der Waals surface area contributed by atoms with Gasteiger partial charge in [0.2, 0.25) is 0 Å². The zero-order chi connectivity index (χ0) is 14.4. The number of hydrogen-bond acceptors (Lipinski definition) is 3. The number of rotatable bonds is 1. The van der Waals surface area contributed by atoms with Gasteiger partial charge in [-0.3, -0.25) is 0 Å². The molecule has 1 aliphatic rings. The van der Waals surface area contributed by atoms with Crippen molar-refractivity contribution in [3.05, 3.63) is 46.7 Å². The third-order valence-electron chi connectivity index (χ3n) is 3.54. The molecule has 0 saturated heterocycles. The molecule has 0 aliphatic carbocycles. The van der Waals surface area contributed by atoms with Crippen LogP contribution < -0.4 is 9.47 Å². The molecule has 1 aliphatic heterocycles. The van der Waals surface area contributed by atoms with Crippen LogP contribution in [0.3, 0.4) is 0 Å². The molecule has 1 aromatic carbocycles. The second-order valence-corrected chi connectivity index (χ2v) is 5.97. The molecule has 0 fully saturated rings. The third-order valence-corrected chi connectivity index (χ3v) is 3.97. The maximum absolute atomic E-state index is 5.64. The molecule has 0 atom stereocenters. The summed E-state index contributed by atoms with van der Waals surface area (Å²) in [5.41, 5.74) is 4.04. The summed E-state index contributed by atoms with van der Waals surface area (Å²) in [6, 6.07) is 8.01. The van der Waals surface area contributed by atoms with Crippen molar-refractivity contribution in [2.75, 3.05) is 13.2 Å². The van der Waals surface area contributed by atoms with Crippen LogP contribution in [0.25, 0.3) is 16.9 Å². The van der Waals surface area contributed by atoms with E-state index in [4.69, 9.17) is 14.5 Å². The first-order valence-electron chi connectivity index (χ1n) is 6.75. The number of ether oxygens (including phenoxy) is 2. The second-order valence-electron chi connectivity index (χ2n) is 5.06. The molecule has 106 valence electrons.